The average molecular weight is 289 g/mol. The van der Waals surface area contributed by atoms with E-state index in [0.717, 1.165) is 43.0 Å². The Balaban J connectivity index is 1.66. The first-order valence-corrected chi connectivity index (χ1v) is 7.75. The zero-order valence-corrected chi connectivity index (χ0v) is 11.7. The van der Waals surface area contributed by atoms with Gasteiger partial charge in [-0.2, -0.15) is 0 Å². The number of hydrogen-bond acceptors (Lipinski definition) is 5. The second kappa shape index (κ2) is 4.12. The van der Waals surface area contributed by atoms with Gasteiger partial charge >= 0.3 is 0 Å². The standard InChI is InChI=1S/C16H19NO4/c18-11-3-8-1-2-17-6-9-4-12-13(21-7-20-12)5-10(9)14(15(8)17)16(11)19/h4-5,8,11,14-16,18-19H,1-3,6-7H2/t8-,11-,14+,15-,16-/m0/s1. The largest absolute Gasteiger partial charge is 0.454 e. The van der Waals surface area contributed by atoms with Crippen LogP contribution in [0.15, 0.2) is 12.1 Å². The third kappa shape index (κ3) is 1.57. The summed E-state index contributed by atoms with van der Waals surface area (Å²) in [4.78, 5) is 2.47. The van der Waals surface area contributed by atoms with E-state index in [-0.39, 0.29) is 12.7 Å². The van der Waals surface area contributed by atoms with Gasteiger partial charge in [0.1, 0.15) is 0 Å². The van der Waals surface area contributed by atoms with Gasteiger partial charge in [-0.25, -0.2) is 0 Å². The number of ether oxygens (including phenoxy) is 2. The van der Waals surface area contributed by atoms with Crippen LogP contribution in [0.1, 0.15) is 29.9 Å². The van der Waals surface area contributed by atoms with Gasteiger partial charge < -0.3 is 19.7 Å². The summed E-state index contributed by atoms with van der Waals surface area (Å²) in [5.41, 5.74) is 2.34. The maximum Gasteiger partial charge on any atom is 0.231 e. The third-order valence-electron chi connectivity index (χ3n) is 5.73. The molecule has 5 nitrogen and oxygen atoms in total. The van der Waals surface area contributed by atoms with Crippen molar-refractivity contribution < 1.29 is 19.7 Å². The number of aliphatic hydroxyl groups excluding tert-OH is 2. The summed E-state index contributed by atoms with van der Waals surface area (Å²) >= 11 is 0. The van der Waals surface area contributed by atoms with Gasteiger partial charge in [-0.3, -0.25) is 4.90 Å². The lowest BCUT2D eigenvalue weighted by Gasteiger charge is -2.47. The SMILES string of the molecule is O[C@@H]1[C@@H]2c3cc4c(cc3CN3CC[C@@H](C[C@@H]1O)[C@@H]23)OCO4. The molecule has 0 aromatic heterocycles. The molecular weight excluding hydrogens is 270 g/mol. The summed E-state index contributed by atoms with van der Waals surface area (Å²) in [6.07, 6.45) is 0.531. The summed E-state index contributed by atoms with van der Waals surface area (Å²) < 4.78 is 11.0. The van der Waals surface area contributed by atoms with Crippen molar-refractivity contribution >= 4 is 0 Å². The number of nitrogens with zero attached hydrogens (tertiary/aromatic N) is 1. The van der Waals surface area contributed by atoms with Gasteiger partial charge in [-0.15, -0.1) is 0 Å². The Morgan fingerprint density at radius 3 is 2.81 bits per heavy atom. The Morgan fingerprint density at radius 1 is 1.14 bits per heavy atom. The summed E-state index contributed by atoms with van der Waals surface area (Å²) in [6, 6.07) is 4.43. The molecule has 3 heterocycles. The predicted molar refractivity (Wildman–Crippen MR) is 74.2 cm³/mol. The zero-order valence-electron chi connectivity index (χ0n) is 11.7. The van der Waals surface area contributed by atoms with E-state index in [4.69, 9.17) is 9.47 Å². The van der Waals surface area contributed by atoms with Crippen LogP contribution < -0.4 is 9.47 Å². The number of fused-ring (bicyclic) bond motifs is 3. The Kier molecular flexibility index (Phi) is 2.41. The number of benzene rings is 1. The Labute approximate surface area is 123 Å². The van der Waals surface area contributed by atoms with Crippen molar-refractivity contribution in [3.63, 3.8) is 0 Å². The molecule has 3 aliphatic heterocycles. The highest BCUT2D eigenvalue weighted by molar-refractivity contribution is 5.52. The Hall–Kier alpha value is -1.30. The summed E-state index contributed by atoms with van der Waals surface area (Å²) in [5, 5.41) is 20.8. The minimum atomic E-state index is -0.689. The molecule has 0 amide bonds. The van der Waals surface area contributed by atoms with Crippen LogP contribution in [0.25, 0.3) is 0 Å². The molecule has 0 unspecified atom stereocenters. The van der Waals surface area contributed by atoms with Crippen molar-refractivity contribution in [3.8, 4) is 11.5 Å². The molecule has 21 heavy (non-hydrogen) atoms. The fourth-order valence-electron chi connectivity index (χ4n) is 4.84. The first-order chi connectivity index (χ1) is 10.2. The third-order valence-corrected chi connectivity index (χ3v) is 5.73. The average Bonchev–Trinajstić information content (AvgIpc) is 3.08. The highest BCUT2D eigenvalue weighted by Crippen LogP contribution is 2.51. The molecular formula is C16H19NO4. The Bertz CT molecular complexity index is 604. The van der Waals surface area contributed by atoms with Gasteiger partial charge in [0.15, 0.2) is 11.5 Å². The van der Waals surface area contributed by atoms with E-state index < -0.39 is 12.2 Å². The van der Waals surface area contributed by atoms with Gasteiger partial charge in [-0.05, 0) is 48.6 Å². The van der Waals surface area contributed by atoms with Gasteiger partial charge in [0.2, 0.25) is 6.79 Å². The normalized spacial score (nSPS) is 40.0. The van der Waals surface area contributed by atoms with Gasteiger partial charge in [0, 0.05) is 18.5 Å². The quantitative estimate of drug-likeness (QED) is 0.741. The molecule has 1 aliphatic carbocycles. The molecule has 5 rings (SSSR count). The fraction of sp³-hybridized carbons (Fsp3) is 0.625. The molecule has 5 atom stereocenters. The number of hydrogen-bond donors (Lipinski definition) is 2. The fourth-order valence-corrected chi connectivity index (χ4v) is 4.84. The van der Waals surface area contributed by atoms with Crippen LogP contribution in [-0.4, -0.2) is 46.7 Å². The second-order valence-electron chi connectivity index (χ2n) is 6.73. The summed E-state index contributed by atoms with van der Waals surface area (Å²) in [5.74, 6) is 2.05. The maximum atomic E-state index is 10.6. The van der Waals surface area contributed by atoms with Crippen LogP contribution in [-0.2, 0) is 6.54 Å². The lowest BCUT2D eigenvalue weighted by molar-refractivity contribution is -0.0657. The van der Waals surface area contributed by atoms with Crippen molar-refractivity contribution in [2.75, 3.05) is 13.3 Å². The van der Waals surface area contributed by atoms with Crippen molar-refractivity contribution in [3.05, 3.63) is 23.3 Å². The van der Waals surface area contributed by atoms with Crippen molar-refractivity contribution in [2.24, 2.45) is 5.92 Å². The first kappa shape index (κ1) is 12.3. The number of aliphatic hydroxyl groups is 2. The van der Waals surface area contributed by atoms with Gasteiger partial charge in [-0.1, -0.05) is 0 Å². The van der Waals surface area contributed by atoms with Crippen LogP contribution in [0, 0.1) is 5.92 Å². The highest BCUT2D eigenvalue weighted by Gasteiger charge is 2.52. The molecule has 1 saturated heterocycles. The van der Waals surface area contributed by atoms with Crippen LogP contribution in [0.2, 0.25) is 0 Å². The van der Waals surface area contributed by atoms with Crippen LogP contribution in [0.4, 0.5) is 0 Å². The smallest absolute Gasteiger partial charge is 0.231 e. The predicted octanol–water partition coefficient (Wildman–Crippen LogP) is 0.828. The zero-order chi connectivity index (χ0) is 14.1. The van der Waals surface area contributed by atoms with Crippen molar-refractivity contribution in [2.45, 2.75) is 43.6 Å². The minimum Gasteiger partial charge on any atom is -0.454 e. The van der Waals surface area contributed by atoms with E-state index in [1.54, 1.807) is 0 Å². The minimum absolute atomic E-state index is 0.0144. The molecule has 1 aromatic carbocycles. The van der Waals surface area contributed by atoms with Crippen LogP contribution in [0.5, 0.6) is 11.5 Å². The monoisotopic (exact) mass is 289 g/mol. The molecule has 0 bridgehead atoms. The molecule has 5 heteroatoms. The lowest BCUT2D eigenvalue weighted by Crippen LogP contribution is -2.53. The molecule has 0 radical (unpaired) electrons. The van der Waals surface area contributed by atoms with Gasteiger partial charge in [0.25, 0.3) is 0 Å². The first-order valence-electron chi connectivity index (χ1n) is 7.75. The van der Waals surface area contributed by atoms with E-state index in [9.17, 15) is 10.2 Å². The van der Waals surface area contributed by atoms with E-state index in [1.165, 1.54) is 5.56 Å². The Morgan fingerprint density at radius 2 is 1.95 bits per heavy atom. The van der Waals surface area contributed by atoms with Crippen molar-refractivity contribution in [1.29, 1.82) is 0 Å². The maximum absolute atomic E-state index is 10.6. The molecule has 112 valence electrons. The summed E-state index contributed by atoms with van der Waals surface area (Å²) in [7, 11) is 0. The van der Waals surface area contributed by atoms with E-state index in [1.807, 2.05) is 6.07 Å². The topological polar surface area (TPSA) is 62.2 Å². The second-order valence-corrected chi connectivity index (χ2v) is 6.73. The molecule has 2 fully saturated rings. The van der Waals surface area contributed by atoms with Crippen molar-refractivity contribution in [1.82, 2.24) is 4.90 Å². The van der Waals surface area contributed by atoms with E-state index in [2.05, 4.69) is 11.0 Å². The summed E-state index contributed by atoms with van der Waals surface area (Å²) in [6.45, 7) is 2.23. The molecule has 4 aliphatic rings. The van der Waals surface area contributed by atoms with E-state index >= 15 is 0 Å². The van der Waals surface area contributed by atoms with Gasteiger partial charge in [0.05, 0.1) is 12.2 Å². The van der Waals surface area contributed by atoms with Crippen LogP contribution >= 0.6 is 0 Å². The molecule has 1 saturated carbocycles. The van der Waals surface area contributed by atoms with Crippen LogP contribution in [0.3, 0.4) is 0 Å². The molecule has 0 spiro atoms. The number of rotatable bonds is 0. The highest BCUT2D eigenvalue weighted by atomic mass is 16.7. The molecule has 1 aromatic rings. The molecule has 2 N–H and O–H groups in total. The lowest BCUT2D eigenvalue weighted by atomic mass is 9.68. The van der Waals surface area contributed by atoms with E-state index in [0.29, 0.717) is 12.0 Å².